The van der Waals surface area contributed by atoms with E-state index in [4.69, 9.17) is 4.74 Å². The molecule has 1 aromatic rings. The van der Waals surface area contributed by atoms with Crippen molar-refractivity contribution >= 4 is 17.7 Å². The SMILES string of the molecule is COc1ccc(C[C@@H]2NC(=O)[C@@H]3CN(C(=O)C4CCCC4)CCN3C2=O)cc1. The summed E-state index contributed by atoms with van der Waals surface area (Å²) in [5.74, 6) is 0.774. The maximum absolute atomic E-state index is 12.9. The lowest BCUT2D eigenvalue weighted by Crippen LogP contribution is -2.70. The highest BCUT2D eigenvalue weighted by Crippen LogP contribution is 2.28. The number of rotatable bonds is 4. The second kappa shape index (κ2) is 7.81. The largest absolute Gasteiger partial charge is 0.497 e. The number of nitrogens with one attached hydrogen (secondary N) is 1. The average Bonchev–Trinajstić information content (AvgIpc) is 3.26. The Labute approximate surface area is 165 Å². The molecule has 2 atom stereocenters. The van der Waals surface area contributed by atoms with Crippen LogP contribution in [0.4, 0.5) is 0 Å². The average molecular weight is 385 g/mol. The van der Waals surface area contributed by atoms with Gasteiger partial charge in [0.1, 0.15) is 17.8 Å². The first-order valence-corrected chi connectivity index (χ1v) is 10.1. The Morgan fingerprint density at radius 1 is 1.14 bits per heavy atom. The van der Waals surface area contributed by atoms with Gasteiger partial charge >= 0.3 is 0 Å². The number of amides is 3. The first-order chi connectivity index (χ1) is 13.6. The number of piperazine rings is 2. The Kier molecular flexibility index (Phi) is 5.24. The third kappa shape index (κ3) is 3.57. The van der Waals surface area contributed by atoms with Crippen LogP contribution >= 0.6 is 0 Å². The van der Waals surface area contributed by atoms with Crippen LogP contribution in [0.5, 0.6) is 5.75 Å². The zero-order chi connectivity index (χ0) is 19.7. The number of methoxy groups -OCH3 is 1. The van der Waals surface area contributed by atoms with Gasteiger partial charge in [0.25, 0.3) is 0 Å². The van der Waals surface area contributed by atoms with E-state index < -0.39 is 12.1 Å². The molecule has 0 bridgehead atoms. The van der Waals surface area contributed by atoms with Crippen molar-refractivity contribution in [3.63, 3.8) is 0 Å². The monoisotopic (exact) mass is 385 g/mol. The molecule has 1 aromatic carbocycles. The summed E-state index contributed by atoms with van der Waals surface area (Å²) >= 11 is 0. The minimum absolute atomic E-state index is 0.0617. The van der Waals surface area contributed by atoms with Gasteiger partial charge in [-0.3, -0.25) is 14.4 Å². The summed E-state index contributed by atoms with van der Waals surface area (Å²) in [7, 11) is 1.61. The van der Waals surface area contributed by atoms with Gasteiger partial charge in [-0.2, -0.15) is 0 Å². The van der Waals surface area contributed by atoms with E-state index in [0.717, 1.165) is 37.0 Å². The zero-order valence-electron chi connectivity index (χ0n) is 16.2. The number of ether oxygens (including phenoxy) is 1. The summed E-state index contributed by atoms with van der Waals surface area (Å²) < 4.78 is 5.16. The number of hydrogen-bond donors (Lipinski definition) is 1. The van der Waals surface area contributed by atoms with Gasteiger partial charge in [-0.15, -0.1) is 0 Å². The summed E-state index contributed by atoms with van der Waals surface area (Å²) in [6.45, 7) is 1.25. The summed E-state index contributed by atoms with van der Waals surface area (Å²) in [6.07, 6.45) is 4.54. The summed E-state index contributed by atoms with van der Waals surface area (Å²) in [5, 5.41) is 2.87. The summed E-state index contributed by atoms with van der Waals surface area (Å²) in [6, 6.07) is 6.37. The molecule has 2 aliphatic heterocycles. The van der Waals surface area contributed by atoms with E-state index in [2.05, 4.69) is 5.32 Å². The Balaban J connectivity index is 1.41. The number of fused-ring (bicyclic) bond motifs is 1. The van der Waals surface area contributed by atoms with Crippen molar-refractivity contribution in [1.29, 1.82) is 0 Å². The van der Waals surface area contributed by atoms with Gasteiger partial charge in [0, 0.05) is 25.4 Å². The molecule has 1 saturated carbocycles. The summed E-state index contributed by atoms with van der Waals surface area (Å²) in [5.41, 5.74) is 0.966. The molecular formula is C21H27N3O4. The zero-order valence-corrected chi connectivity index (χ0v) is 16.2. The van der Waals surface area contributed by atoms with Gasteiger partial charge in [-0.05, 0) is 30.5 Å². The van der Waals surface area contributed by atoms with Crippen molar-refractivity contribution < 1.29 is 19.1 Å². The number of carbonyl (C=O) groups excluding carboxylic acids is 3. The van der Waals surface area contributed by atoms with Gasteiger partial charge < -0.3 is 19.9 Å². The van der Waals surface area contributed by atoms with Crippen molar-refractivity contribution in [1.82, 2.24) is 15.1 Å². The Hall–Kier alpha value is -2.57. The molecule has 2 heterocycles. The van der Waals surface area contributed by atoms with E-state index in [-0.39, 0.29) is 23.6 Å². The van der Waals surface area contributed by atoms with Crippen molar-refractivity contribution in [3.05, 3.63) is 29.8 Å². The minimum Gasteiger partial charge on any atom is -0.497 e. The highest BCUT2D eigenvalue weighted by atomic mass is 16.5. The third-order valence-electron chi connectivity index (χ3n) is 6.20. The van der Waals surface area contributed by atoms with Crippen molar-refractivity contribution in [2.75, 3.05) is 26.7 Å². The van der Waals surface area contributed by atoms with Crippen LogP contribution in [0.2, 0.25) is 0 Å². The molecule has 0 aromatic heterocycles. The van der Waals surface area contributed by atoms with E-state index in [0.29, 0.717) is 26.1 Å². The maximum atomic E-state index is 12.9. The van der Waals surface area contributed by atoms with Crippen molar-refractivity contribution in [3.8, 4) is 5.75 Å². The van der Waals surface area contributed by atoms with E-state index in [1.54, 1.807) is 16.9 Å². The number of benzene rings is 1. The van der Waals surface area contributed by atoms with Crippen LogP contribution in [0.15, 0.2) is 24.3 Å². The van der Waals surface area contributed by atoms with Gasteiger partial charge in [0.15, 0.2) is 0 Å². The second-order valence-electron chi connectivity index (χ2n) is 7.93. The standard InChI is InChI=1S/C21H27N3O4/c1-28-16-8-6-14(7-9-16)12-17-21(27)24-11-10-23(13-18(24)19(25)22-17)20(26)15-4-2-3-5-15/h6-9,15,17-18H,2-5,10-13H2,1H3,(H,22,25)/t17-,18-/m0/s1. The van der Waals surface area contributed by atoms with Gasteiger partial charge in [0.05, 0.1) is 13.7 Å². The molecule has 1 aliphatic carbocycles. The third-order valence-corrected chi connectivity index (χ3v) is 6.20. The number of carbonyl (C=O) groups is 3. The van der Waals surface area contributed by atoms with Crippen LogP contribution in [-0.4, -0.2) is 66.3 Å². The molecule has 3 aliphatic rings. The van der Waals surface area contributed by atoms with Crippen molar-refractivity contribution in [2.45, 2.75) is 44.2 Å². The fraction of sp³-hybridized carbons (Fsp3) is 0.571. The molecule has 3 fully saturated rings. The van der Waals surface area contributed by atoms with Crippen LogP contribution < -0.4 is 10.1 Å². The molecular weight excluding hydrogens is 358 g/mol. The predicted molar refractivity (Wildman–Crippen MR) is 103 cm³/mol. The van der Waals surface area contributed by atoms with E-state index in [1.165, 1.54) is 0 Å². The molecule has 4 rings (SSSR count). The fourth-order valence-corrected chi connectivity index (χ4v) is 4.57. The highest BCUT2D eigenvalue weighted by molar-refractivity contribution is 5.98. The number of hydrogen-bond acceptors (Lipinski definition) is 4. The van der Waals surface area contributed by atoms with Crippen LogP contribution in [0, 0.1) is 5.92 Å². The molecule has 7 heteroatoms. The normalized spacial score (nSPS) is 25.5. The van der Waals surface area contributed by atoms with Crippen LogP contribution in [0.1, 0.15) is 31.2 Å². The highest BCUT2D eigenvalue weighted by Gasteiger charge is 2.44. The maximum Gasteiger partial charge on any atom is 0.246 e. The predicted octanol–water partition coefficient (Wildman–Crippen LogP) is 0.966. The molecule has 7 nitrogen and oxygen atoms in total. The first-order valence-electron chi connectivity index (χ1n) is 10.1. The smallest absolute Gasteiger partial charge is 0.246 e. The summed E-state index contributed by atoms with van der Waals surface area (Å²) in [4.78, 5) is 41.8. The first kappa shape index (κ1) is 18.8. The molecule has 28 heavy (non-hydrogen) atoms. The molecule has 3 amide bonds. The van der Waals surface area contributed by atoms with Crippen LogP contribution in [-0.2, 0) is 20.8 Å². The molecule has 0 radical (unpaired) electrons. The van der Waals surface area contributed by atoms with E-state index in [1.807, 2.05) is 24.3 Å². The second-order valence-corrected chi connectivity index (χ2v) is 7.93. The Morgan fingerprint density at radius 2 is 1.86 bits per heavy atom. The molecule has 1 N–H and O–H groups in total. The quantitative estimate of drug-likeness (QED) is 0.838. The van der Waals surface area contributed by atoms with Crippen LogP contribution in [0.3, 0.4) is 0 Å². The van der Waals surface area contributed by atoms with E-state index in [9.17, 15) is 14.4 Å². The van der Waals surface area contributed by atoms with Gasteiger partial charge in [-0.1, -0.05) is 25.0 Å². The topological polar surface area (TPSA) is 79.0 Å². The lowest BCUT2D eigenvalue weighted by Gasteiger charge is -2.45. The molecule has 0 unspecified atom stereocenters. The molecule has 2 saturated heterocycles. The lowest BCUT2D eigenvalue weighted by molar-refractivity contribution is -0.156. The number of nitrogens with zero attached hydrogens (tertiary/aromatic N) is 2. The molecule has 150 valence electrons. The fourth-order valence-electron chi connectivity index (χ4n) is 4.57. The minimum atomic E-state index is -0.571. The van der Waals surface area contributed by atoms with E-state index >= 15 is 0 Å². The van der Waals surface area contributed by atoms with Crippen LogP contribution in [0.25, 0.3) is 0 Å². The Bertz CT molecular complexity index is 757. The lowest BCUT2D eigenvalue weighted by atomic mass is 9.97. The van der Waals surface area contributed by atoms with Gasteiger partial charge in [-0.25, -0.2) is 0 Å². The molecule has 0 spiro atoms. The Morgan fingerprint density at radius 3 is 2.54 bits per heavy atom. The van der Waals surface area contributed by atoms with Gasteiger partial charge in [0.2, 0.25) is 17.7 Å². The van der Waals surface area contributed by atoms with Crippen molar-refractivity contribution in [2.24, 2.45) is 5.92 Å².